The minimum absolute atomic E-state index is 0.0708. The van der Waals surface area contributed by atoms with Crippen LogP contribution in [0.25, 0.3) is 0 Å². The van der Waals surface area contributed by atoms with Crippen LogP contribution in [0.15, 0.2) is 22.7 Å². The van der Waals surface area contributed by atoms with E-state index in [-0.39, 0.29) is 12.5 Å². The zero-order valence-electron chi connectivity index (χ0n) is 11.1. The number of halogens is 1. The first-order valence-electron chi connectivity index (χ1n) is 6.20. The van der Waals surface area contributed by atoms with Gasteiger partial charge in [0.25, 0.3) is 5.91 Å². The summed E-state index contributed by atoms with van der Waals surface area (Å²) in [5, 5.41) is 2.83. The molecule has 100 valence electrons. The summed E-state index contributed by atoms with van der Waals surface area (Å²) in [5.41, 5.74) is 1.10. The number of hydrogen-bond acceptors (Lipinski definition) is 2. The molecule has 0 fully saturated rings. The van der Waals surface area contributed by atoms with E-state index in [9.17, 15) is 4.79 Å². The lowest BCUT2D eigenvalue weighted by atomic mass is 10.1. The molecule has 0 heterocycles. The van der Waals surface area contributed by atoms with Gasteiger partial charge in [-0.2, -0.15) is 0 Å². The second-order valence-corrected chi connectivity index (χ2v) is 5.51. The van der Waals surface area contributed by atoms with Crippen LogP contribution in [0, 0.1) is 5.92 Å². The summed E-state index contributed by atoms with van der Waals surface area (Å²) in [6.07, 6.45) is 0.877. The molecule has 1 N–H and O–H groups in total. The molecule has 0 aliphatic rings. The van der Waals surface area contributed by atoms with Crippen LogP contribution in [-0.4, -0.2) is 19.1 Å². The summed E-state index contributed by atoms with van der Waals surface area (Å²) < 4.78 is 6.57. The highest BCUT2D eigenvalue weighted by atomic mass is 79.9. The quantitative estimate of drug-likeness (QED) is 0.876. The first-order valence-corrected chi connectivity index (χ1v) is 7.00. The molecule has 0 aliphatic carbocycles. The van der Waals surface area contributed by atoms with Crippen LogP contribution in [0.4, 0.5) is 0 Å². The van der Waals surface area contributed by atoms with Gasteiger partial charge in [-0.1, -0.05) is 36.7 Å². The summed E-state index contributed by atoms with van der Waals surface area (Å²) in [4.78, 5) is 11.5. The van der Waals surface area contributed by atoms with Crippen molar-refractivity contribution in [2.45, 2.75) is 27.2 Å². The van der Waals surface area contributed by atoms with Crippen LogP contribution in [0.5, 0.6) is 5.75 Å². The molecule has 0 atom stereocenters. The molecule has 0 aliphatic heterocycles. The maximum atomic E-state index is 11.5. The molecule has 1 amide bonds. The number of carbonyl (C=O) groups excluding carboxylic acids is 1. The molecule has 18 heavy (non-hydrogen) atoms. The normalized spacial score (nSPS) is 10.5. The van der Waals surface area contributed by atoms with Gasteiger partial charge in [-0.25, -0.2) is 0 Å². The first kappa shape index (κ1) is 15.0. The van der Waals surface area contributed by atoms with Gasteiger partial charge in [0.15, 0.2) is 6.61 Å². The van der Waals surface area contributed by atoms with Crippen molar-refractivity contribution in [2.75, 3.05) is 13.2 Å². The lowest BCUT2D eigenvalue weighted by Gasteiger charge is -2.12. The Balaban J connectivity index is 2.50. The number of rotatable bonds is 6. The monoisotopic (exact) mass is 313 g/mol. The molecule has 0 unspecified atom stereocenters. The Morgan fingerprint density at radius 3 is 2.78 bits per heavy atom. The van der Waals surface area contributed by atoms with E-state index in [4.69, 9.17) is 4.74 Å². The minimum atomic E-state index is -0.0753. The summed E-state index contributed by atoms with van der Waals surface area (Å²) >= 11 is 3.42. The molecule has 4 heteroatoms. The molecule has 0 radical (unpaired) electrons. The third-order valence-corrected chi connectivity index (χ3v) is 2.96. The van der Waals surface area contributed by atoms with Crippen LogP contribution in [0.2, 0.25) is 0 Å². The van der Waals surface area contributed by atoms with Gasteiger partial charge in [0, 0.05) is 11.0 Å². The Bertz CT molecular complexity index is 405. The van der Waals surface area contributed by atoms with E-state index >= 15 is 0 Å². The number of nitrogens with one attached hydrogen (secondary N) is 1. The second kappa shape index (κ2) is 7.41. The Morgan fingerprint density at radius 1 is 1.44 bits per heavy atom. The van der Waals surface area contributed by atoms with Gasteiger partial charge in [-0.05, 0) is 36.1 Å². The fraction of sp³-hybridized carbons (Fsp3) is 0.500. The number of carbonyl (C=O) groups is 1. The topological polar surface area (TPSA) is 38.3 Å². The van der Waals surface area contributed by atoms with Crippen molar-refractivity contribution in [3.05, 3.63) is 28.2 Å². The Hall–Kier alpha value is -1.03. The Kier molecular flexibility index (Phi) is 6.19. The van der Waals surface area contributed by atoms with E-state index in [0.717, 1.165) is 22.2 Å². The molecule has 0 bridgehead atoms. The number of ether oxygens (including phenoxy) is 1. The molecule has 1 rings (SSSR count). The molecule has 0 aromatic heterocycles. The summed E-state index contributed by atoms with van der Waals surface area (Å²) in [7, 11) is 0. The second-order valence-electron chi connectivity index (χ2n) is 4.59. The largest absolute Gasteiger partial charge is 0.483 e. The number of hydrogen-bond donors (Lipinski definition) is 1. The van der Waals surface area contributed by atoms with Crippen molar-refractivity contribution >= 4 is 21.8 Å². The maximum absolute atomic E-state index is 11.5. The molecule has 1 aromatic carbocycles. The molecule has 3 nitrogen and oxygen atoms in total. The lowest BCUT2D eigenvalue weighted by Crippen LogP contribution is -2.31. The average Bonchev–Trinajstić information content (AvgIpc) is 2.34. The fourth-order valence-electron chi connectivity index (χ4n) is 1.48. The molecular formula is C14H20BrNO2. The van der Waals surface area contributed by atoms with Gasteiger partial charge >= 0.3 is 0 Å². The highest BCUT2D eigenvalue weighted by Crippen LogP contribution is 2.23. The van der Waals surface area contributed by atoms with E-state index < -0.39 is 0 Å². The zero-order chi connectivity index (χ0) is 13.5. The summed E-state index contributed by atoms with van der Waals surface area (Å²) in [6, 6.07) is 5.82. The fourth-order valence-corrected chi connectivity index (χ4v) is 1.89. The van der Waals surface area contributed by atoms with E-state index in [1.165, 1.54) is 0 Å². The van der Waals surface area contributed by atoms with Crippen LogP contribution >= 0.6 is 15.9 Å². The standard InChI is InChI=1S/C14H20BrNO2/c1-4-11-7-12(15)5-6-13(11)18-9-14(17)16-8-10(2)3/h5-7,10H,4,8-9H2,1-3H3,(H,16,17). The SMILES string of the molecule is CCc1cc(Br)ccc1OCC(=O)NCC(C)C. The summed E-state index contributed by atoms with van der Waals surface area (Å²) in [5.74, 6) is 1.15. The van der Waals surface area contributed by atoms with Gasteiger partial charge < -0.3 is 10.1 Å². The Morgan fingerprint density at radius 2 is 2.17 bits per heavy atom. The van der Waals surface area contributed by atoms with Crippen molar-refractivity contribution in [3.8, 4) is 5.75 Å². The third-order valence-electron chi connectivity index (χ3n) is 2.47. The third kappa shape index (κ3) is 5.08. The van der Waals surface area contributed by atoms with Gasteiger partial charge in [0.05, 0.1) is 0 Å². The highest BCUT2D eigenvalue weighted by molar-refractivity contribution is 9.10. The molecule has 0 saturated heterocycles. The first-order chi connectivity index (χ1) is 8.52. The number of benzene rings is 1. The van der Waals surface area contributed by atoms with Gasteiger partial charge in [0.1, 0.15) is 5.75 Å². The van der Waals surface area contributed by atoms with Crippen LogP contribution in [-0.2, 0) is 11.2 Å². The van der Waals surface area contributed by atoms with E-state index in [1.807, 2.05) is 18.2 Å². The lowest BCUT2D eigenvalue weighted by molar-refractivity contribution is -0.123. The van der Waals surface area contributed by atoms with E-state index in [2.05, 4.69) is 42.0 Å². The van der Waals surface area contributed by atoms with Crippen LogP contribution in [0.3, 0.4) is 0 Å². The molecule has 0 spiro atoms. The Labute approximate surface area is 117 Å². The van der Waals surface area contributed by atoms with Crippen molar-refractivity contribution in [2.24, 2.45) is 5.92 Å². The summed E-state index contributed by atoms with van der Waals surface area (Å²) in [6.45, 7) is 6.94. The molecule has 0 saturated carbocycles. The predicted molar refractivity (Wildman–Crippen MR) is 76.9 cm³/mol. The van der Waals surface area contributed by atoms with Crippen LogP contribution in [0.1, 0.15) is 26.3 Å². The van der Waals surface area contributed by atoms with Crippen LogP contribution < -0.4 is 10.1 Å². The number of amides is 1. The van der Waals surface area contributed by atoms with E-state index in [1.54, 1.807) is 0 Å². The number of aryl methyl sites for hydroxylation is 1. The van der Waals surface area contributed by atoms with Crippen molar-refractivity contribution in [1.82, 2.24) is 5.32 Å². The van der Waals surface area contributed by atoms with E-state index in [0.29, 0.717) is 12.5 Å². The van der Waals surface area contributed by atoms with Crippen molar-refractivity contribution in [1.29, 1.82) is 0 Å². The minimum Gasteiger partial charge on any atom is -0.483 e. The zero-order valence-corrected chi connectivity index (χ0v) is 12.7. The van der Waals surface area contributed by atoms with Gasteiger partial charge in [-0.15, -0.1) is 0 Å². The maximum Gasteiger partial charge on any atom is 0.257 e. The molecule has 1 aromatic rings. The van der Waals surface area contributed by atoms with Gasteiger partial charge in [0.2, 0.25) is 0 Å². The molecular weight excluding hydrogens is 294 g/mol. The smallest absolute Gasteiger partial charge is 0.257 e. The van der Waals surface area contributed by atoms with Crippen molar-refractivity contribution in [3.63, 3.8) is 0 Å². The highest BCUT2D eigenvalue weighted by Gasteiger charge is 2.06. The van der Waals surface area contributed by atoms with Gasteiger partial charge in [-0.3, -0.25) is 4.79 Å². The average molecular weight is 314 g/mol. The predicted octanol–water partition coefficient (Wildman–Crippen LogP) is 3.16. The van der Waals surface area contributed by atoms with Crippen molar-refractivity contribution < 1.29 is 9.53 Å².